The van der Waals surface area contributed by atoms with Crippen LogP contribution in [0.2, 0.25) is 0 Å². The second kappa shape index (κ2) is 11.0. The minimum atomic E-state index is -0.483. The molecule has 4 aromatic carbocycles. The summed E-state index contributed by atoms with van der Waals surface area (Å²) in [5, 5.41) is 6.09. The predicted octanol–water partition coefficient (Wildman–Crippen LogP) is 4.91. The zero-order valence-corrected chi connectivity index (χ0v) is 19.4. The van der Waals surface area contributed by atoms with E-state index in [2.05, 4.69) is 10.5 Å². The lowest BCUT2D eigenvalue weighted by molar-refractivity contribution is -0.123. The molecule has 4 aromatic rings. The second-order valence-electron chi connectivity index (χ2n) is 7.76. The topological polar surface area (TPSA) is 86.2 Å². The molecule has 0 saturated heterocycles. The molecule has 0 unspecified atom stereocenters. The first-order valence-corrected chi connectivity index (χ1v) is 10.9. The van der Waals surface area contributed by atoms with Gasteiger partial charge in [-0.25, -0.2) is 10.2 Å². The van der Waals surface area contributed by atoms with E-state index in [9.17, 15) is 9.59 Å². The van der Waals surface area contributed by atoms with Gasteiger partial charge in [-0.15, -0.1) is 0 Å². The smallest absolute Gasteiger partial charge is 0.343 e. The zero-order chi connectivity index (χ0) is 24.6. The number of benzene rings is 4. The fourth-order valence-electron chi connectivity index (χ4n) is 3.31. The minimum Gasteiger partial charge on any atom is -0.493 e. The Kier molecular flexibility index (Phi) is 7.37. The van der Waals surface area contributed by atoms with Crippen LogP contribution in [0.1, 0.15) is 21.5 Å². The Hall–Kier alpha value is -4.65. The monoisotopic (exact) mass is 468 g/mol. The molecule has 0 bridgehead atoms. The van der Waals surface area contributed by atoms with Crippen LogP contribution in [0, 0.1) is 6.92 Å². The third-order valence-corrected chi connectivity index (χ3v) is 5.17. The summed E-state index contributed by atoms with van der Waals surface area (Å²) in [6.07, 6.45) is 1.46. The van der Waals surface area contributed by atoms with Crippen molar-refractivity contribution in [2.75, 3.05) is 13.7 Å². The molecular weight excluding hydrogens is 444 g/mol. The van der Waals surface area contributed by atoms with Crippen molar-refractivity contribution in [1.29, 1.82) is 0 Å². The molecule has 0 aliphatic rings. The van der Waals surface area contributed by atoms with Gasteiger partial charge in [0.15, 0.2) is 18.1 Å². The number of amides is 1. The quantitative estimate of drug-likeness (QED) is 0.172. The Balaban J connectivity index is 1.32. The van der Waals surface area contributed by atoms with Crippen molar-refractivity contribution in [3.8, 4) is 17.2 Å². The molecule has 1 amide bonds. The van der Waals surface area contributed by atoms with Crippen molar-refractivity contribution in [3.05, 3.63) is 102 Å². The molecule has 0 aromatic heterocycles. The Morgan fingerprint density at radius 2 is 1.66 bits per heavy atom. The molecule has 7 nitrogen and oxygen atoms in total. The molecular formula is C28H24N2O5. The Morgan fingerprint density at radius 1 is 0.886 bits per heavy atom. The highest BCUT2D eigenvalue weighted by molar-refractivity contribution is 5.91. The van der Waals surface area contributed by atoms with E-state index in [-0.39, 0.29) is 12.4 Å². The first-order chi connectivity index (χ1) is 17.0. The Labute approximate surface area is 202 Å². The van der Waals surface area contributed by atoms with Gasteiger partial charge in [-0.2, -0.15) is 5.10 Å². The number of carbonyl (C=O) groups excluding carboxylic acids is 2. The minimum absolute atomic E-state index is 0.174. The maximum atomic E-state index is 12.4. The predicted molar refractivity (Wildman–Crippen MR) is 134 cm³/mol. The molecule has 176 valence electrons. The van der Waals surface area contributed by atoms with Gasteiger partial charge in [0.1, 0.15) is 5.75 Å². The Morgan fingerprint density at radius 3 is 2.43 bits per heavy atom. The van der Waals surface area contributed by atoms with Crippen LogP contribution in [0.15, 0.2) is 90.0 Å². The molecule has 1 N–H and O–H groups in total. The molecule has 0 aliphatic carbocycles. The number of rotatable bonds is 8. The standard InChI is InChI=1S/C28H24N2O5/c1-19-7-10-22(11-8-19)28(32)35-25-14-9-20(15-26(25)33-2)17-29-30-27(31)18-34-24-13-12-21-5-3-4-6-23(21)16-24/h3-17H,18H2,1-2H3,(H,30,31). The van der Waals surface area contributed by atoms with Crippen molar-refractivity contribution in [3.63, 3.8) is 0 Å². The van der Waals surface area contributed by atoms with E-state index in [1.54, 1.807) is 30.3 Å². The zero-order valence-electron chi connectivity index (χ0n) is 19.4. The number of aryl methyl sites for hydroxylation is 1. The number of ether oxygens (including phenoxy) is 3. The van der Waals surface area contributed by atoms with Crippen molar-refractivity contribution in [2.45, 2.75) is 6.92 Å². The highest BCUT2D eigenvalue weighted by atomic mass is 16.6. The highest BCUT2D eigenvalue weighted by Gasteiger charge is 2.13. The van der Waals surface area contributed by atoms with Gasteiger partial charge >= 0.3 is 5.97 Å². The first kappa shape index (κ1) is 23.5. The van der Waals surface area contributed by atoms with Crippen LogP contribution in [-0.4, -0.2) is 31.8 Å². The summed E-state index contributed by atoms with van der Waals surface area (Å²) in [7, 11) is 1.48. The largest absolute Gasteiger partial charge is 0.493 e. The van der Waals surface area contributed by atoms with Crippen LogP contribution >= 0.6 is 0 Å². The first-order valence-electron chi connectivity index (χ1n) is 10.9. The van der Waals surface area contributed by atoms with Crippen LogP contribution in [0.5, 0.6) is 17.2 Å². The second-order valence-corrected chi connectivity index (χ2v) is 7.76. The van der Waals surface area contributed by atoms with E-state index in [1.165, 1.54) is 13.3 Å². The molecule has 0 radical (unpaired) electrons. The van der Waals surface area contributed by atoms with Gasteiger partial charge in [0, 0.05) is 0 Å². The number of fused-ring (bicyclic) bond motifs is 1. The third kappa shape index (κ3) is 6.23. The van der Waals surface area contributed by atoms with Gasteiger partial charge in [0.05, 0.1) is 18.9 Å². The van der Waals surface area contributed by atoms with Gasteiger partial charge in [0.2, 0.25) is 0 Å². The number of hydrazone groups is 1. The average Bonchev–Trinajstić information content (AvgIpc) is 2.88. The van der Waals surface area contributed by atoms with Crippen molar-refractivity contribution < 1.29 is 23.8 Å². The molecule has 35 heavy (non-hydrogen) atoms. The van der Waals surface area contributed by atoms with Crippen molar-refractivity contribution in [1.82, 2.24) is 5.43 Å². The summed E-state index contributed by atoms with van der Waals surface area (Å²) >= 11 is 0. The number of hydrogen-bond acceptors (Lipinski definition) is 6. The van der Waals surface area contributed by atoms with E-state index in [0.717, 1.165) is 16.3 Å². The van der Waals surface area contributed by atoms with Gasteiger partial charge < -0.3 is 14.2 Å². The van der Waals surface area contributed by atoms with Gasteiger partial charge in [0.25, 0.3) is 5.91 Å². The van der Waals surface area contributed by atoms with Gasteiger partial charge in [-0.05, 0) is 65.7 Å². The number of nitrogens with zero attached hydrogens (tertiary/aromatic N) is 1. The number of nitrogens with one attached hydrogen (secondary N) is 1. The molecule has 0 heterocycles. The lowest BCUT2D eigenvalue weighted by atomic mass is 10.1. The summed E-state index contributed by atoms with van der Waals surface area (Å²) in [5.41, 5.74) is 4.57. The van der Waals surface area contributed by atoms with E-state index < -0.39 is 11.9 Å². The van der Waals surface area contributed by atoms with Gasteiger partial charge in [-0.1, -0.05) is 48.0 Å². The van der Waals surface area contributed by atoms with Crippen molar-refractivity contribution in [2.24, 2.45) is 5.10 Å². The van der Waals surface area contributed by atoms with Crippen LogP contribution in [-0.2, 0) is 4.79 Å². The summed E-state index contributed by atoms with van der Waals surface area (Å²) < 4.78 is 16.4. The summed E-state index contributed by atoms with van der Waals surface area (Å²) in [5.74, 6) is 0.361. The summed E-state index contributed by atoms with van der Waals surface area (Å²) in [6, 6.07) is 25.6. The molecule has 4 rings (SSSR count). The Bertz CT molecular complexity index is 1380. The average molecular weight is 469 g/mol. The molecule has 0 aliphatic heterocycles. The summed E-state index contributed by atoms with van der Waals surface area (Å²) in [4.78, 5) is 24.5. The number of carbonyl (C=O) groups is 2. The SMILES string of the molecule is COc1cc(C=NNC(=O)COc2ccc3ccccc3c2)ccc1OC(=O)c1ccc(C)cc1. The number of esters is 1. The van der Waals surface area contributed by atoms with Gasteiger partial charge in [-0.3, -0.25) is 4.79 Å². The lowest BCUT2D eigenvalue weighted by Gasteiger charge is -2.10. The molecule has 0 spiro atoms. The normalized spacial score (nSPS) is 10.8. The van der Waals surface area contributed by atoms with E-state index in [0.29, 0.717) is 22.6 Å². The molecule has 0 atom stereocenters. The van der Waals surface area contributed by atoms with E-state index in [1.807, 2.05) is 61.5 Å². The fourth-order valence-corrected chi connectivity index (χ4v) is 3.31. The number of methoxy groups -OCH3 is 1. The maximum Gasteiger partial charge on any atom is 0.343 e. The van der Waals surface area contributed by atoms with E-state index in [4.69, 9.17) is 14.2 Å². The van der Waals surface area contributed by atoms with Crippen LogP contribution in [0.3, 0.4) is 0 Å². The molecule has 0 fully saturated rings. The van der Waals surface area contributed by atoms with Crippen LogP contribution in [0.4, 0.5) is 0 Å². The third-order valence-electron chi connectivity index (χ3n) is 5.17. The van der Waals surface area contributed by atoms with E-state index >= 15 is 0 Å². The number of hydrogen-bond donors (Lipinski definition) is 1. The lowest BCUT2D eigenvalue weighted by Crippen LogP contribution is -2.24. The van der Waals surface area contributed by atoms with Crippen LogP contribution in [0.25, 0.3) is 10.8 Å². The molecule has 0 saturated carbocycles. The van der Waals surface area contributed by atoms with Crippen LogP contribution < -0.4 is 19.6 Å². The highest BCUT2D eigenvalue weighted by Crippen LogP contribution is 2.28. The molecule has 7 heteroatoms. The summed E-state index contributed by atoms with van der Waals surface area (Å²) in [6.45, 7) is 1.77. The fraction of sp³-hybridized carbons (Fsp3) is 0.107. The maximum absolute atomic E-state index is 12.4. The van der Waals surface area contributed by atoms with Crippen molar-refractivity contribution >= 4 is 28.9 Å².